The summed E-state index contributed by atoms with van der Waals surface area (Å²) in [5.41, 5.74) is 3.87. The SMILES string of the molecule is COc1cccc(C[C@@H]2S/C(=C(/C#N)C(=O)Nc3ccccc3C)N(c3ccccc3C)C2=O)c1. The molecule has 0 unspecified atom stereocenters. The van der Waals surface area contributed by atoms with Crippen molar-refractivity contribution in [2.45, 2.75) is 25.5 Å². The van der Waals surface area contributed by atoms with Gasteiger partial charge in [-0.25, -0.2) is 0 Å². The summed E-state index contributed by atoms with van der Waals surface area (Å²) in [6.07, 6.45) is 0.435. The smallest absolute Gasteiger partial charge is 0.269 e. The molecule has 1 saturated heterocycles. The number of para-hydroxylation sites is 2. The van der Waals surface area contributed by atoms with E-state index in [-0.39, 0.29) is 11.5 Å². The number of thioether (sulfide) groups is 1. The average molecular weight is 484 g/mol. The largest absolute Gasteiger partial charge is 0.497 e. The number of nitrogens with one attached hydrogen (secondary N) is 1. The van der Waals surface area contributed by atoms with Gasteiger partial charge in [-0.05, 0) is 61.2 Å². The normalized spacial score (nSPS) is 16.6. The molecule has 176 valence electrons. The lowest BCUT2D eigenvalue weighted by Crippen LogP contribution is -2.31. The third-order valence-electron chi connectivity index (χ3n) is 5.81. The number of carbonyl (C=O) groups is 2. The number of anilines is 2. The van der Waals surface area contributed by atoms with E-state index in [0.717, 1.165) is 16.7 Å². The molecule has 7 heteroatoms. The highest BCUT2D eigenvalue weighted by atomic mass is 32.2. The number of benzene rings is 3. The van der Waals surface area contributed by atoms with Crippen molar-refractivity contribution in [3.8, 4) is 11.8 Å². The third-order valence-corrected chi connectivity index (χ3v) is 7.07. The number of amides is 2. The first-order chi connectivity index (χ1) is 16.9. The summed E-state index contributed by atoms with van der Waals surface area (Å²) in [5.74, 6) is -0.00364. The van der Waals surface area contributed by atoms with Crippen LogP contribution in [0.2, 0.25) is 0 Å². The van der Waals surface area contributed by atoms with Crippen LogP contribution in [-0.4, -0.2) is 24.2 Å². The molecule has 1 atom stereocenters. The predicted molar refractivity (Wildman–Crippen MR) is 139 cm³/mol. The van der Waals surface area contributed by atoms with Crippen molar-refractivity contribution in [2.24, 2.45) is 0 Å². The monoisotopic (exact) mass is 483 g/mol. The van der Waals surface area contributed by atoms with Crippen LogP contribution in [0.25, 0.3) is 0 Å². The van der Waals surface area contributed by atoms with Crippen LogP contribution >= 0.6 is 11.8 Å². The van der Waals surface area contributed by atoms with E-state index in [1.807, 2.05) is 80.6 Å². The Morgan fingerprint density at radius 1 is 1.06 bits per heavy atom. The van der Waals surface area contributed by atoms with Crippen molar-refractivity contribution >= 4 is 35.0 Å². The number of carbonyl (C=O) groups excluding carboxylic acids is 2. The van der Waals surface area contributed by atoms with E-state index in [4.69, 9.17) is 4.74 Å². The summed E-state index contributed by atoms with van der Waals surface area (Å²) in [5, 5.41) is 12.7. The number of rotatable bonds is 6. The summed E-state index contributed by atoms with van der Waals surface area (Å²) in [7, 11) is 1.60. The highest BCUT2D eigenvalue weighted by Crippen LogP contribution is 2.43. The second kappa shape index (κ2) is 10.5. The van der Waals surface area contributed by atoms with E-state index in [0.29, 0.717) is 28.6 Å². The van der Waals surface area contributed by atoms with Crippen LogP contribution in [0.3, 0.4) is 0 Å². The molecule has 3 aromatic rings. The lowest BCUT2D eigenvalue weighted by Gasteiger charge is -2.20. The first kappa shape index (κ1) is 24.1. The molecule has 2 amide bonds. The molecule has 6 nitrogen and oxygen atoms in total. The van der Waals surface area contributed by atoms with E-state index in [1.165, 1.54) is 16.7 Å². The quantitative estimate of drug-likeness (QED) is 0.376. The number of hydrogen-bond donors (Lipinski definition) is 1. The fourth-order valence-corrected chi connectivity index (χ4v) is 5.23. The van der Waals surface area contributed by atoms with Crippen LogP contribution in [-0.2, 0) is 16.0 Å². The highest BCUT2D eigenvalue weighted by molar-refractivity contribution is 8.05. The molecule has 1 N–H and O–H groups in total. The van der Waals surface area contributed by atoms with Crippen molar-refractivity contribution in [1.29, 1.82) is 5.26 Å². The fraction of sp³-hybridized carbons (Fsp3) is 0.179. The number of hydrogen-bond acceptors (Lipinski definition) is 5. The zero-order valence-corrected chi connectivity index (χ0v) is 20.6. The number of ether oxygens (including phenoxy) is 1. The summed E-state index contributed by atoms with van der Waals surface area (Å²) in [4.78, 5) is 28.4. The lowest BCUT2D eigenvalue weighted by atomic mass is 10.1. The number of aryl methyl sites for hydroxylation is 2. The van der Waals surface area contributed by atoms with Crippen molar-refractivity contribution in [3.63, 3.8) is 0 Å². The van der Waals surface area contributed by atoms with Gasteiger partial charge in [0.2, 0.25) is 5.91 Å². The summed E-state index contributed by atoms with van der Waals surface area (Å²) >= 11 is 1.25. The Labute approximate surface area is 209 Å². The molecule has 1 heterocycles. The fourth-order valence-electron chi connectivity index (χ4n) is 3.93. The van der Waals surface area contributed by atoms with Gasteiger partial charge in [0.1, 0.15) is 22.4 Å². The summed E-state index contributed by atoms with van der Waals surface area (Å²) in [6.45, 7) is 3.78. The van der Waals surface area contributed by atoms with Crippen molar-refractivity contribution < 1.29 is 14.3 Å². The van der Waals surface area contributed by atoms with Gasteiger partial charge < -0.3 is 10.1 Å². The van der Waals surface area contributed by atoms with E-state index < -0.39 is 11.2 Å². The molecule has 1 fully saturated rings. The van der Waals surface area contributed by atoms with Gasteiger partial charge in [-0.1, -0.05) is 60.3 Å². The second-order valence-electron chi connectivity index (χ2n) is 8.18. The number of methoxy groups -OCH3 is 1. The van der Waals surface area contributed by atoms with Crippen molar-refractivity contribution in [2.75, 3.05) is 17.3 Å². The Morgan fingerprint density at radius 2 is 1.77 bits per heavy atom. The van der Waals surface area contributed by atoms with Crippen molar-refractivity contribution in [3.05, 3.63) is 100 Å². The van der Waals surface area contributed by atoms with Gasteiger partial charge in [-0.15, -0.1) is 0 Å². The first-order valence-corrected chi connectivity index (χ1v) is 12.0. The van der Waals surface area contributed by atoms with E-state index in [2.05, 4.69) is 11.4 Å². The molecule has 0 radical (unpaired) electrons. The molecule has 3 aromatic carbocycles. The molecular weight excluding hydrogens is 458 g/mol. The van der Waals surface area contributed by atoms with E-state index in [1.54, 1.807) is 13.2 Å². The Kier molecular flexibility index (Phi) is 7.23. The van der Waals surface area contributed by atoms with Crippen LogP contribution in [0.4, 0.5) is 11.4 Å². The summed E-state index contributed by atoms with van der Waals surface area (Å²) in [6, 6.07) is 24.4. The Bertz CT molecular complexity index is 1360. The predicted octanol–water partition coefficient (Wildman–Crippen LogP) is 5.38. The maximum Gasteiger partial charge on any atom is 0.269 e. The van der Waals surface area contributed by atoms with Gasteiger partial charge in [-0.2, -0.15) is 5.26 Å². The molecule has 0 bridgehead atoms. The van der Waals surface area contributed by atoms with Crippen LogP contribution in [0.1, 0.15) is 16.7 Å². The highest BCUT2D eigenvalue weighted by Gasteiger charge is 2.41. The maximum atomic E-state index is 13.7. The van der Waals surface area contributed by atoms with Gasteiger partial charge in [-0.3, -0.25) is 14.5 Å². The average Bonchev–Trinajstić information content (AvgIpc) is 3.16. The molecule has 1 aliphatic rings. The van der Waals surface area contributed by atoms with Gasteiger partial charge in [0.05, 0.1) is 18.0 Å². The minimum absolute atomic E-state index is 0.0944. The van der Waals surface area contributed by atoms with E-state index in [9.17, 15) is 14.9 Å². The lowest BCUT2D eigenvalue weighted by molar-refractivity contribution is -0.117. The molecule has 0 aliphatic carbocycles. The van der Waals surface area contributed by atoms with Crippen LogP contribution in [0.15, 0.2) is 83.4 Å². The molecule has 1 aliphatic heterocycles. The number of nitrogens with zero attached hydrogens (tertiary/aromatic N) is 2. The Hall–Kier alpha value is -4.02. The van der Waals surface area contributed by atoms with Gasteiger partial charge in [0.15, 0.2) is 0 Å². The molecule has 0 spiro atoms. The Balaban J connectivity index is 1.75. The molecular formula is C28H25N3O3S. The molecule has 0 saturated carbocycles. The minimum atomic E-state index is -0.544. The van der Waals surface area contributed by atoms with Crippen LogP contribution in [0, 0.1) is 25.2 Å². The van der Waals surface area contributed by atoms with Gasteiger partial charge in [0.25, 0.3) is 5.91 Å². The number of nitriles is 1. The van der Waals surface area contributed by atoms with Crippen molar-refractivity contribution in [1.82, 2.24) is 0 Å². The van der Waals surface area contributed by atoms with E-state index >= 15 is 0 Å². The zero-order chi connectivity index (χ0) is 24.9. The molecule has 4 rings (SSSR count). The van der Waals surface area contributed by atoms with Crippen LogP contribution in [0.5, 0.6) is 5.75 Å². The van der Waals surface area contributed by atoms with Gasteiger partial charge in [0, 0.05) is 5.69 Å². The first-order valence-electron chi connectivity index (χ1n) is 11.1. The molecule has 0 aromatic heterocycles. The maximum absolute atomic E-state index is 13.7. The van der Waals surface area contributed by atoms with Crippen LogP contribution < -0.4 is 15.0 Å². The second-order valence-corrected chi connectivity index (χ2v) is 9.37. The summed E-state index contributed by atoms with van der Waals surface area (Å²) < 4.78 is 5.32. The minimum Gasteiger partial charge on any atom is -0.497 e. The molecule has 35 heavy (non-hydrogen) atoms. The topological polar surface area (TPSA) is 82.4 Å². The Morgan fingerprint density at radius 3 is 2.46 bits per heavy atom. The zero-order valence-electron chi connectivity index (χ0n) is 19.7. The standard InChI is InChI=1S/C28H25N3O3S/c1-18-9-4-6-13-23(18)30-26(32)22(17-29)28-31(24-14-7-5-10-19(24)2)27(33)25(35-28)16-20-11-8-12-21(15-20)34-3/h4-15,25H,16H2,1-3H3,(H,30,32)/b28-22-/t25-/m0/s1. The van der Waals surface area contributed by atoms with Gasteiger partial charge >= 0.3 is 0 Å². The third kappa shape index (κ3) is 5.08.